The molecule has 0 N–H and O–H groups in total. The second kappa shape index (κ2) is 8.34. The lowest BCUT2D eigenvalue weighted by molar-refractivity contribution is 0.258. The van der Waals surface area contributed by atoms with Gasteiger partial charge in [-0.15, -0.1) is 0 Å². The third kappa shape index (κ3) is 3.84. The summed E-state index contributed by atoms with van der Waals surface area (Å²) in [6, 6.07) is 12.0. The number of nitrogens with zero attached hydrogens (tertiary/aromatic N) is 2. The van der Waals surface area contributed by atoms with Crippen molar-refractivity contribution >= 4 is 0 Å². The smallest absolute Gasteiger partial charge is 0.165 e. The summed E-state index contributed by atoms with van der Waals surface area (Å²) >= 11 is 0. The zero-order chi connectivity index (χ0) is 21.1. The molecule has 156 valence electrons. The van der Waals surface area contributed by atoms with Crippen molar-refractivity contribution in [2.75, 3.05) is 13.7 Å². The SMILES string of the molecule is CCCOc1c(OCc2ccc(OC)cc2)ccc2c1CC(C)(C)c1cncnc1-2. The van der Waals surface area contributed by atoms with Crippen LogP contribution in [0.2, 0.25) is 0 Å². The van der Waals surface area contributed by atoms with Crippen LogP contribution in [0.3, 0.4) is 0 Å². The molecule has 30 heavy (non-hydrogen) atoms. The van der Waals surface area contributed by atoms with Crippen molar-refractivity contribution in [3.63, 3.8) is 0 Å². The highest BCUT2D eigenvalue weighted by atomic mass is 16.5. The highest BCUT2D eigenvalue weighted by molar-refractivity contribution is 5.75. The summed E-state index contributed by atoms with van der Waals surface area (Å²) in [6.45, 7) is 7.68. The molecule has 0 spiro atoms. The molecule has 5 nitrogen and oxygen atoms in total. The van der Waals surface area contributed by atoms with Crippen LogP contribution in [0.15, 0.2) is 48.9 Å². The molecule has 1 aromatic heterocycles. The minimum atomic E-state index is -0.0808. The molecule has 0 saturated carbocycles. The summed E-state index contributed by atoms with van der Waals surface area (Å²) < 4.78 is 17.7. The lowest BCUT2D eigenvalue weighted by Crippen LogP contribution is -2.27. The van der Waals surface area contributed by atoms with Crippen LogP contribution in [0.4, 0.5) is 0 Å². The molecule has 0 saturated heterocycles. The van der Waals surface area contributed by atoms with Gasteiger partial charge >= 0.3 is 0 Å². The van der Waals surface area contributed by atoms with Gasteiger partial charge in [-0.05, 0) is 48.1 Å². The number of rotatable bonds is 7. The molecule has 0 amide bonds. The fourth-order valence-electron chi connectivity index (χ4n) is 3.94. The average molecular weight is 405 g/mol. The number of hydrogen-bond acceptors (Lipinski definition) is 5. The second-order valence-corrected chi connectivity index (χ2v) is 8.25. The maximum Gasteiger partial charge on any atom is 0.165 e. The molecular weight excluding hydrogens is 376 g/mol. The highest BCUT2D eigenvalue weighted by Crippen LogP contribution is 2.48. The summed E-state index contributed by atoms with van der Waals surface area (Å²) in [5.74, 6) is 2.44. The first-order valence-corrected chi connectivity index (χ1v) is 10.4. The summed E-state index contributed by atoms with van der Waals surface area (Å²) in [5, 5.41) is 0. The van der Waals surface area contributed by atoms with Gasteiger partial charge in [-0.25, -0.2) is 9.97 Å². The third-order valence-corrected chi connectivity index (χ3v) is 5.54. The Kier molecular flexibility index (Phi) is 5.62. The van der Waals surface area contributed by atoms with Gasteiger partial charge in [-0.1, -0.05) is 32.9 Å². The van der Waals surface area contributed by atoms with Gasteiger partial charge in [0.15, 0.2) is 11.5 Å². The number of ether oxygens (including phenoxy) is 3. The minimum absolute atomic E-state index is 0.0808. The van der Waals surface area contributed by atoms with Gasteiger partial charge < -0.3 is 14.2 Å². The maximum atomic E-state index is 6.23. The molecule has 2 aromatic carbocycles. The van der Waals surface area contributed by atoms with Crippen molar-refractivity contribution in [3.05, 3.63) is 65.6 Å². The van der Waals surface area contributed by atoms with Crippen molar-refractivity contribution in [1.82, 2.24) is 9.97 Å². The normalized spacial score (nSPS) is 13.9. The number of aromatic nitrogens is 2. The van der Waals surface area contributed by atoms with E-state index in [2.05, 4.69) is 36.8 Å². The molecule has 0 bridgehead atoms. The third-order valence-electron chi connectivity index (χ3n) is 5.54. The highest BCUT2D eigenvalue weighted by Gasteiger charge is 2.35. The van der Waals surface area contributed by atoms with Crippen LogP contribution in [0.5, 0.6) is 17.2 Å². The molecule has 0 radical (unpaired) electrons. The van der Waals surface area contributed by atoms with E-state index in [0.717, 1.165) is 52.5 Å². The molecule has 4 rings (SSSR count). The van der Waals surface area contributed by atoms with Gasteiger partial charge in [-0.3, -0.25) is 0 Å². The number of benzene rings is 2. The zero-order valence-electron chi connectivity index (χ0n) is 18.1. The Labute approximate surface area is 178 Å². The molecule has 1 aliphatic carbocycles. The Morgan fingerprint density at radius 1 is 1.03 bits per heavy atom. The fraction of sp³-hybridized carbons (Fsp3) is 0.360. The van der Waals surface area contributed by atoms with Crippen molar-refractivity contribution in [1.29, 1.82) is 0 Å². The van der Waals surface area contributed by atoms with E-state index >= 15 is 0 Å². The molecule has 3 aromatic rings. The number of fused-ring (bicyclic) bond motifs is 3. The lowest BCUT2D eigenvalue weighted by atomic mass is 9.72. The first kappa shape index (κ1) is 20.2. The summed E-state index contributed by atoms with van der Waals surface area (Å²) in [5.41, 5.74) is 5.42. The molecule has 0 aliphatic heterocycles. The standard InChI is InChI=1S/C25H28N2O3/c1-5-12-29-24-20-13-25(2,3)21-14-26-16-27-23(21)19(20)10-11-22(24)30-15-17-6-8-18(28-4)9-7-17/h6-11,14,16H,5,12-13,15H2,1-4H3. The van der Waals surface area contributed by atoms with E-state index in [-0.39, 0.29) is 5.41 Å². The van der Waals surface area contributed by atoms with Gasteiger partial charge in [0.2, 0.25) is 0 Å². The van der Waals surface area contributed by atoms with E-state index in [1.165, 1.54) is 5.56 Å². The Hall–Kier alpha value is -3.08. The van der Waals surface area contributed by atoms with Gasteiger partial charge in [0, 0.05) is 22.9 Å². The quantitative estimate of drug-likeness (QED) is 0.531. The molecule has 1 aliphatic rings. The van der Waals surface area contributed by atoms with Gasteiger partial charge in [0.1, 0.15) is 18.7 Å². The van der Waals surface area contributed by atoms with E-state index in [4.69, 9.17) is 14.2 Å². The van der Waals surface area contributed by atoms with E-state index in [1.807, 2.05) is 36.5 Å². The largest absolute Gasteiger partial charge is 0.497 e. The van der Waals surface area contributed by atoms with E-state index in [0.29, 0.717) is 13.2 Å². The van der Waals surface area contributed by atoms with Crippen LogP contribution >= 0.6 is 0 Å². The van der Waals surface area contributed by atoms with Crippen molar-refractivity contribution < 1.29 is 14.2 Å². The molecular formula is C25H28N2O3. The minimum Gasteiger partial charge on any atom is -0.497 e. The van der Waals surface area contributed by atoms with E-state index < -0.39 is 0 Å². The zero-order valence-corrected chi connectivity index (χ0v) is 18.1. The molecule has 0 fully saturated rings. The van der Waals surface area contributed by atoms with Crippen molar-refractivity contribution in [2.45, 2.75) is 45.6 Å². The first-order valence-electron chi connectivity index (χ1n) is 10.4. The first-order chi connectivity index (χ1) is 14.5. The van der Waals surface area contributed by atoms with Crippen LogP contribution in [0, 0.1) is 0 Å². The monoisotopic (exact) mass is 404 g/mol. The predicted molar refractivity (Wildman–Crippen MR) is 117 cm³/mol. The van der Waals surface area contributed by atoms with Gasteiger partial charge in [0.25, 0.3) is 0 Å². The van der Waals surface area contributed by atoms with Gasteiger partial charge in [-0.2, -0.15) is 0 Å². The predicted octanol–water partition coefficient (Wildman–Crippen LogP) is 5.35. The van der Waals surface area contributed by atoms with E-state index in [9.17, 15) is 0 Å². The maximum absolute atomic E-state index is 6.23. The molecule has 0 atom stereocenters. The van der Waals surface area contributed by atoms with Crippen LogP contribution < -0.4 is 14.2 Å². The van der Waals surface area contributed by atoms with Crippen molar-refractivity contribution in [2.24, 2.45) is 0 Å². The fourth-order valence-corrected chi connectivity index (χ4v) is 3.94. The van der Waals surface area contributed by atoms with Crippen LogP contribution in [-0.4, -0.2) is 23.7 Å². The Morgan fingerprint density at radius 2 is 1.83 bits per heavy atom. The Balaban J connectivity index is 1.70. The van der Waals surface area contributed by atoms with Gasteiger partial charge in [0.05, 0.1) is 19.4 Å². The summed E-state index contributed by atoms with van der Waals surface area (Å²) in [4.78, 5) is 8.85. The average Bonchev–Trinajstić information content (AvgIpc) is 2.76. The van der Waals surface area contributed by atoms with Crippen molar-refractivity contribution in [3.8, 4) is 28.5 Å². The Bertz CT molecular complexity index is 1030. The number of methoxy groups -OCH3 is 1. The summed E-state index contributed by atoms with van der Waals surface area (Å²) in [7, 11) is 1.67. The topological polar surface area (TPSA) is 53.5 Å². The van der Waals surface area contributed by atoms with Crippen LogP contribution in [-0.2, 0) is 18.4 Å². The van der Waals surface area contributed by atoms with E-state index in [1.54, 1.807) is 13.4 Å². The molecule has 1 heterocycles. The van der Waals surface area contributed by atoms with Crippen LogP contribution in [0.25, 0.3) is 11.3 Å². The molecule has 5 heteroatoms. The molecule has 0 unspecified atom stereocenters. The summed E-state index contributed by atoms with van der Waals surface area (Å²) in [6.07, 6.45) is 5.34. The number of hydrogen-bond donors (Lipinski definition) is 0. The lowest BCUT2D eigenvalue weighted by Gasteiger charge is -2.34. The second-order valence-electron chi connectivity index (χ2n) is 8.25. The Morgan fingerprint density at radius 3 is 2.57 bits per heavy atom. The van der Waals surface area contributed by atoms with Crippen LogP contribution in [0.1, 0.15) is 43.9 Å².